The van der Waals surface area contributed by atoms with Crippen LogP contribution in [0.3, 0.4) is 0 Å². The Morgan fingerprint density at radius 1 is 1.21 bits per heavy atom. The zero-order valence-corrected chi connectivity index (χ0v) is 17.2. The molecule has 1 aromatic carbocycles. The van der Waals surface area contributed by atoms with E-state index in [0.717, 1.165) is 17.4 Å². The van der Waals surface area contributed by atoms with Crippen molar-refractivity contribution in [1.29, 1.82) is 5.41 Å². The summed E-state index contributed by atoms with van der Waals surface area (Å²) in [6.45, 7) is 9.18. The van der Waals surface area contributed by atoms with Crippen LogP contribution in [0.1, 0.15) is 28.6 Å². The number of carbonyl (C=O) groups is 1. The number of carbonyl (C=O) groups excluding carboxylic acids is 1. The van der Waals surface area contributed by atoms with Crippen molar-refractivity contribution in [1.82, 2.24) is 10.3 Å². The third-order valence-electron chi connectivity index (χ3n) is 4.18. The van der Waals surface area contributed by atoms with E-state index in [2.05, 4.69) is 23.5 Å². The van der Waals surface area contributed by atoms with Crippen LogP contribution in [0.15, 0.2) is 72.8 Å². The van der Waals surface area contributed by atoms with Gasteiger partial charge in [0.2, 0.25) is 0 Å². The van der Waals surface area contributed by atoms with Gasteiger partial charge in [-0.3, -0.25) is 9.78 Å². The maximum atomic E-state index is 12.5. The Kier molecular flexibility index (Phi) is 7.01. The topological polar surface area (TPSA) is 100.0 Å². The van der Waals surface area contributed by atoms with E-state index in [1.807, 2.05) is 0 Å². The van der Waals surface area contributed by atoms with Crippen molar-refractivity contribution < 1.29 is 14.6 Å². The molecule has 2 aromatic rings. The summed E-state index contributed by atoms with van der Waals surface area (Å²) in [7, 11) is -3.42. The maximum absolute atomic E-state index is 12.5. The molecule has 2 N–H and O–H groups in total. The first-order chi connectivity index (χ1) is 13.7. The Bertz CT molecular complexity index is 1120. The van der Waals surface area contributed by atoms with Crippen LogP contribution in [0.2, 0.25) is 0 Å². The lowest BCUT2D eigenvalue weighted by atomic mass is 10.0. The molecule has 0 saturated heterocycles. The number of aromatic nitrogens is 1. The summed E-state index contributed by atoms with van der Waals surface area (Å²) in [5.74, 6) is -0.393. The molecule has 0 aliphatic heterocycles. The van der Waals surface area contributed by atoms with Crippen molar-refractivity contribution in [3.05, 3.63) is 90.3 Å². The summed E-state index contributed by atoms with van der Waals surface area (Å²) in [6.07, 6.45) is 7.42. The number of allylic oxidation sites excluding steroid dienone is 4. The molecule has 1 heterocycles. The molecule has 0 aliphatic rings. The van der Waals surface area contributed by atoms with Crippen molar-refractivity contribution in [3.8, 4) is 0 Å². The summed E-state index contributed by atoms with van der Waals surface area (Å²) in [4.78, 5) is 16.8. The second kappa shape index (κ2) is 9.25. The summed E-state index contributed by atoms with van der Waals surface area (Å²) < 4.78 is 23.7. The normalized spacial score (nSPS) is 11.6. The predicted molar refractivity (Wildman–Crippen MR) is 118 cm³/mol. The second-order valence-corrected chi connectivity index (χ2v) is 8.42. The number of benzene rings is 1. The van der Waals surface area contributed by atoms with E-state index in [4.69, 9.17) is 5.41 Å². The molecule has 0 atom stereocenters. The van der Waals surface area contributed by atoms with Gasteiger partial charge in [0.25, 0.3) is 5.91 Å². The number of pyridine rings is 1. The van der Waals surface area contributed by atoms with E-state index in [1.165, 1.54) is 12.1 Å². The molecule has 0 fully saturated rings. The molecule has 1 aromatic heterocycles. The van der Waals surface area contributed by atoms with Crippen molar-refractivity contribution in [2.45, 2.75) is 18.4 Å². The van der Waals surface area contributed by atoms with E-state index in [1.54, 1.807) is 49.5 Å². The van der Waals surface area contributed by atoms with Gasteiger partial charge in [-0.05, 0) is 60.0 Å². The summed E-state index contributed by atoms with van der Waals surface area (Å²) in [5, 5.41) is 10.5. The number of sulfone groups is 1. The van der Waals surface area contributed by atoms with Crippen LogP contribution in [0.25, 0.3) is 5.57 Å². The molecular formula is C22H25N3O3S. The van der Waals surface area contributed by atoms with Crippen LogP contribution in [0.4, 0.5) is 0 Å². The highest BCUT2D eigenvalue weighted by Crippen LogP contribution is 2.18. The van der Waals surface area contributed by atoms with E-state index in [-0.39, 0.29) is 24.1 Å². The molecule has 0 unspecified atom stereocenters. The third-order valence-corrected chi connectivity index (χ3v) is 5.42. The van der Waals surface area contributed by atoms with E-state index < -0.39 is 15.7 Å². The van der Waals surface area contributed by atoms with Crippen molar-refractivity contribution >= 4 is 27.0 Å². The number of hydrogen-bond acceptors (Lipinski definition) is 5. The number of amides is 1. The molecule has 0 spiro atoms. The quantitative estimate of drug-likeness (QED) is 0.510. The van der Waals surface area contributed by atoms with Gasteiger partial charge in [-0.15, -0.1) is 0 Å². The van der Waals surface area contributed by atoms with Crippen LogP contribution in [-0.4, -0.2) is 31.3 Å². The average Bonchev–Trinajstić information content (AvgIpc) is 2.69. The fourth-order valence-corrected chi connectivity index (χ4v) is 3.65. The van der Waals surface area contributed by atoms with Gasteiger partial charge < -0.3 is 10.7 Å². The first kappa shape index (κ1) is 22.0. The highest BCUT2D eigenvalue weighted by molar-refractivity contribution is 7.90. The molecule has 7 heteroatoms. The molecule has 2 rings (SSSR count). The van der Waals surface area contributed by atoms with E-state index in [0.29, 0.717) is 11.3 Å². The minimum absolute atomic E-state index is 0. The summed E-state index contributed by atoms with van der Waals surface area (Å²) in [6, 6.07) is 8.15. The van der Waals surface area contributed by atoms with Crippen LogP contribution in [0, 0.1) is 12.3 Å². The van der Waals surface area contributed by atoms with Gasteiger partial charge in [-0.2, -0.15) is 0 Å². The fourth-order valence-electron chi connectivity index (χ4n) is 2.65. The largest absolute Gasteiger partial charge is 0.346 e. The summed E-state index contributed by atoms with van der Waals surface area (Å²) >= 11 is 0. The molecule has 0 bridgehead atoms. The van der Waals surface area contributed by atoms with Gasteiger partial charge in [0, 0.05) is 19.4 Å². The van der Waals surface area contributed by atoms with Crippen molar-refractivity contribution in [2.24, 2.45) is 0 Å². The van der Waals surface area contributed by atoms with Crippen LogP contribution >= 0.6 is 0 Å². The molecule has 152 valence electrons. The SMILES string of the molecule is C=CC(=N)/C=C(\C=C)c1ccnc(CNC(=O)c2ccc(C)c(S(C)(=O)=O)c2)c1.[HH]. The third kappa shape index (κ3) is 5.83. The molecule has 29 heavy (non-hydrogen) atoms. The molecule has 0 saturated carbocycles. The number of hydrogen-bond donors (Lipinski definition) is 2. The van der Waals surface area contributed by atoms with Crippen molar-refractivity contribution in [2.75, 3.05) is 6.26 Å². The Hall–Kier alpha value is -3.32. The fraction of sp³-hybridized carbons (Fsp3) is 0.136. The van der Waals surface area contributed by atoms with E-state index >= 15 is 0 Å². The number of nitrogens with zero attached hydrogens (tertiary/aromatic N) is 1. The maximum Gasteiger partial charge on any atom is 0.251 e. The highest BCUT2D eigenvalue weighted by Gasteiger charge is 2.15. The Morgan fingerprint density at radius 2 is 1.93 bits per heavy atom. The molecular weight excluding hydrogens is 386 g/mol. The van der Waals surface area contributed by atoms with Gasteiger partial charge in [0.1, 0.15) is 0 Å². The van der Waals surface area contributed by atoms with Crippen molar-refractivity contribution in [3.63, 3.8) is 0 Å². The number of aryl methyl sites for hydroxylation is 1. The average molecular weight is 412 g/mol. The van der Waals surface area contributed by atoms with Gasteiger partial charge >= 0.3 is 0 Å². The first-order valence-electron chi connectivity index (χ1n) is 8.75. The second-order valence-electron chi connectivity index (χ2n) is 6.43. The molecule has 0 radical (unpaired) electrons. The lowest BCUT2D eigenvalue weighted by Crippen LogP contribution is -2.23. The number of nitrogens with one attached hydrogen (secondary N) is 2. The summed E-state index contributed by atoms with van der Waals surface area (Å²) in [5.41, 5.74) is 3.27. The smallest absolute Gasteiger partial charge is 0.251 e. The highest BCUT2D eigenvalue weighted by atomic mass is 32.2. The lowest BCUT2D eigenvalue weighted by Gasteiger charge is -2.09. The Balaban J connectivity index is 0.00000450. The van der Waals surface area contributed by atoms with Gasteiger partial charge in [0.05, 0.1) is 22.8 Å². The molecule has 0 aliphatic carbocycles. The molecule has 1 amide bonds. The zero-order chi connectivity index (χ0) is 21.6. The monoisotopic (exact) mass is 411 g/mol. The van der Waals surface area contributed by atoms with Crippen LogP contribution in [-0.2, 0) is 16.4 Å². The molecule has 6 nitrogen and oxygen atoms in total. The Labute approximate surface area is 172 Å². The minimum Gasteiger partial charge on any atom is -0.346 e. The van der Waals surface area contributed by atoms with Crippen LogP contribution < -0.4 is 5.32 Å². The standard InChI is InChI=1S/C22H23N3O3S.H2/c1-5-16(11-19(23)6-2)17-9-10-24-20(12-17)14-25-22(26)18-8-7-15(3)21(13-18)29(4,27)28;/h5-13,23H,1-2,14H2,3-4H3,(H,25,26);1H/b16-11+,23-19?;. The van der Waals surface area contributed by atoms with Gasteiger partial charge in [0.15, 0.2) is 9.84 Å². The minimum atomic E-state index is -3.42. The predicted octanol–water partition coefficient (Wildman–Crippen LogP) is 3.74. The van der Waals surface area contributed by atoms with Gasteiger partial charge in [-0.25, -0.2) is 8.42 Å². The first-order valence-corrected chi connectivity index (χ1v) is 10.6. The van der Waals surface area contributed by atoms with Gasteiger partial charge in [-0.1, -0.05) is 25.3 Å². The van der Waals surface area contributed by atoms with Crippen LogP contribution in [0.5, 0.6) is 0 Å². The number of rotatable bonds is 8. The lowest BCUT2D eigenvalue weighted by molar-refractivity contribution is 0.0950. The zero-order valence-electron chi connectivity index (χ0n) is 16.4. The van der Waals surface area contributed by atoms with E-state index in [9.17, 15) is 13.2 Å². The Morgan fingerprint density at radius 3 is 2.55 bits per heavy atom.